The van der Waals surface area contributed by atoms with Gasteiger partial charge in [-0.15, -0.1) is 0 Å². The predicted octanol–water partition coefficient (Wildman–Crippen LogP) is 3.29. The van der Waals surface area contributed by atoms with Crippen molar-refractivity contribution in [2.24, 2.45) is 5.14 Å². The molecule has 0 aliphatic heterocycles. The number of carboxylic acids is 1. The zero-order valence-corrected chi connectivity index (χ0v) is 20.7. The molecule has 2 unspecified atom stereocenters. The molecule has 5 N–H and O–H groups in total. The normalized spacial score (nSPS) is 13.5. The first-order valence-electron chi connectivity index (χ1n) is 11.6. The standard InChI is InChI=1S/C27H29N3O5S/c1-18(29-16-26(31)21-5-3-2-4-6-21)13-20-9-12-24-22(14-20)15-25(27(32)33)30(24)17-19-7-10-23(11-8-19)36(28,34)35/h2-12,14-15,18,26,29,31H,13,16-17H2,1H3,(H,32,33)(H2,28,34,35). The molecule has 0 aliphatic carbocycles. The number of rotatable bonds is 10. The van der Waals surface area contributed by atoms with E-state index >= 15 is 0 Å². The maximum atomic E-state index is 11.9. The van der Waals surface area contributed by atoms with Gasteiger partial charge >= 0.3 is 5.97 Å². The van der Waals surface area contributed by atoms with Crippen LogP contribution in [0.5, 0.6) is 0 Å². The highest BCUT2D eigenvalue weighted by Crippen LogP contribution is 2.24. The molecule has 0 fully saturated rings. The van der Waals surface area contributed by atoms with Crippen molar-refractivity contribution < 1.29 is 23.4 Å². The van der Waals surface area contributed by atoms with Gasteiger partial charge < -0.3 is 20.1 Å². The molecule has 2 atom stereocenters. The molecular weight excluding hydrogens is 478 g/mol. The van der Waals surface area contributed by atoms with E-state index in [2.05, 4.69) is 5.32 Å². The van der Waals surface area contributed by atoms with Crippen molar-refractivity contribution in [1.82, 2.24) is 9.88 Å². The van der Waals surface area contributed by atoms with Gasteiger partial charge in [0.2, 0.25) is 10.0 Å². The molecule has 0 saturated heterocycles. The van der Waals surface area contributed by atoms with Crippen LogP contribution < -0.4 is 10.5 Å². The molecule has 0 radical (unpaired) electrons. The Kier molecular flexibility index (Phi) is 7.56. The second kappa shape index (κ2) is 10.6. The summed E-state index contributed by atoms with van der Waals surface area (Å²) in [5.74, 6) is -1.04. The summed E-state index contributed by atoms with van der Waals surface area (Å²) < 4.78 is 24.7. The highest BCUT2D eigenvalue weighted by Gasteiger charge is 2.17. The van der Waals surface area contributed by atoms with Crippen molar-refractivity contribution in [3.05, 3.63) is 101 Å². The average Bonchev–Trinajstić information content (AvgIpc) is 3.20. The number of nitrogens with one attached hydrogen (secondary N) is 1. The molecule has 3 aromatic carbocycles. The molecule has 9 heteroatoms. The van der Waals surface area contributed by atoms with Gasteiger partial charge in [0.1, 0.15) is 5.69 Å². The number of aromatic carboxylic acids is 1. The highest BCUT2D eigenvalue weighted by atomic mass is 32.2. The average molecular weight is 508 g/mol. The van der Waals surface area contributed by atoms with Gasteiger partial charge in [-0.25, -0.2) is 18.4 Å². The Balaban J connectivity index is 1.49. The van der Waals surface area contributed by atoms with E-state index in [0.717, 1.165) is 27.6 Å². The first kappa shape index (κ1) is 25.6. The number of aliphatic hydroxyl groups is 1. The molecule has 0 amide bonds. The van der Waals surface area contributed by atoms with Gasteiger partial charge in [-0.05, 0) is 60.4 Å². The molecule has 0 aliphatic rings. The third-order valence-electron chi connectivity index (χ3n) is 6.16. The Hall–Kier alpha value is -3.50. The van der Waals surface area contributed by atoms with Gasteiger partial charge in [-0.3, -0.25) is 0 Å². The lowest BCUT2D eigenvalue weighted by Gasteiger charge is -2.18. The lowest BCUT2D eigenvalue weighted by Crippen LogP contribution is -2.32. The summed E-state index contributed by atoms with van der Waals surface area (Å²) in [4.78, 5) is 12.0. The topological polar surface area (TPSA) is 135 Å². The van der Waals surface area contributed by atoms with E-state index in [9.17, 15) is 23.4 Å². The summed E-state index contributed by atoms with van der Waals surface area (Å²) in [6.07, 6.45) is 0.113. The fourth-order valence-corrected chi connectivity index (χ4v) is 4.81. The summed E-state index contributed by atoms with van der Waals surface area (Å²) in [6, 6.07) is 23.2. The zero-order valence-electron chi connectivity index (χ0n) is 19.8. The van der Waals surface area contributed by atoms with Crippen molar-refractivity contribution in [1.29, 1.82) is 0 Å². The fraction of sp³-hybridized carbons (Fsp3) is 0.222. The maximum Gasteiger partial charge on any atom is 0.352 e. The number of fused-ring (bicyclic) bond motifs is 1. The second-order valence-electron chi connectivity index (χ2n) is 8.94. The summed E-state index contributed by atoms with van der Waals surface area (Å²) in [7, 11) is -3.80. The van der Waals surface area contributed by atoms with Crippen LogP contribution in [0.15, 0.2) is 83.8 Å². The van der Waals surface area contributed by atoms with Crippen LogP contribution in [0.1, 0.15) is 40.2 Å². The van der Waals surface area contributed by atoms with E-state index in [1.165, 1.54) is 12.1 Å². The summed E-state index contributed by atoms with van der Waals surface area (Å²) in [6.45, 7) is 2.74. The first-order valence-corrected chi connectivity index (χ1v) is 13.1. The number of carbonyl (C=O) groups is 1. The van der Waals surface area contributed by atoms with Crippen LogP contribution in [0.25, 0.3) is 10.9 Å². The Labute approximate surface area is 210 Å². The van der Waals surface area contributed by atoms with Gasteiger partial charge in [-0.1, -0.05) is 48.5 Å². The Morgan fingerprint density at radius 3 is 2.31 bits per heavy atom. The summed E-state index contributed by atoms with van der Waals surface area (Å²) in [5.41, 5.74) is 3.58. The number of aromatic nitrogens is 1. The molecule has 36 heavy (non-hydrogen) atoms. The smallest absolute Gasteiger partial charge is 0.352 e. The van der Waals surface area contributed by atoms with E-state index in [-0.39, 0.29) is 23.2 Å². The monoisotopic (exact) mass is 507 g/mol. The number of hydrogen-bond donors (Lipinski definition) is 4. The number of nitrogens with zero attached hydrogens (tertiary/aromatic N) is 1. The van der Waals surface area contributed by atoms with Gasteiger partial charge in [0, 0.05) is 30.0 Å². The zero-order chi connectivity index (χ0) is 25.9. The SMILES string of the molecule is CC(Cc1ccc2c(c1)cc(C(=O)O)n2Cc1ccc(S(N)(=O)=O)cc1)NCC(O)c1ccccc1. The predicted molar refractivity (Wildman–Crippen MR) is 138 cm³/mol. The van der Waals surface area contributed by atoms with Crippen molar-refractivity contribution in [2.75, 3.05) is 6.54 Å². The van der Waals surface area contributed by atoms with Crippen LogP contribution in [0.4, 0.5) is 0 Å². The first-order chi connectivity index (χ1) is 17.1. The van der Waals surface area contributed by atoms with Crippen LogP contribution >= 0.6 is 0 Å². The number of nitrogens with two attached hydrogens (primary N) is 1. The molecule has 188 valence electrons. The van der Waals surface area contributed by atoms with Gasteiger partial charge in [0.05, 0.1) is 11.0 Å². The van der Waals surface area contributed by atoms with E-state index in [4.69, 9.17) is 5.14 Å². The van der Waals surface area contributed by atoms with Crippen LogP contribution in [0, 0.1) is 0 Å². The fourth-order valence-electron chi connectivity index (χ4n) is 4.29. The second-order valence-corrected chi connectivity index (χ2v) is 10.5. The molecule has 0 spiro atoms. The maximum absolute atomic E-state index is 11.9. The third kappa shape index (κ3) is 6.00. The Morgan fingerprint density at radius 2 is 1.67 bits per heavy atom. The number of benzene rings is 3. The van der Waals surface area contributed by atoms with E-state index < -0.39 is 22.1 Å². The van der Waals surface area contributed by atoms with E-state index in [0.29, 0.717) is 13.0 Å². The Morgan fingerprint density at radius 1 is 1.00 bits per heavy atom. The van der Waals surface area contributed by atoms with Gasteiger partial charge in [-0.2, -0.15) is 0 Å². The highest BCUT2D eigenvalue weighted by molar-refractivity contribution is 7.89. The number of hydrogen-bond acceptors (Lipinski definition) is 5. The van der Waals surface area contributed by atoms with Crippen LogP contribution in [0.3, 0.4) is 0 Å². The Bertz CT molecular complexity index is 1460. The molecule has 4 aromatic rings. The van der Waals surface area contributed by atoms with Crippen molar-refractivity contribution in [2.45, 2.75) is 36.9 Å². The van der Waals surface area contributed by atoms with Gasteiger partial charge in [0.25, 0.3) is 0 Å². The summed E-state index contributed by atoms with van der Waals surface area (Å²) in [5, 5.41) is 29.5. The summed E-state index contributed by atoms with van der Waals surface area (Å²) >= 11 is 0. The van der Waals surface area contributed by atoms with Crippen LogP contribution in [-0.2, 0) is 23.0 Å². The van der Waals surface area contributed by atoms with E-state index in [1.54, 1.807) is 22.8 Å². The van der Waals surface area contributed by atoms with Gasteiger partial charge in [0.15, 0.2) is 0 Å². The van der Waals surface area contributed by atoms with Crippen molar-refractivity contribution in [3.63, 3.8) is 0 Å². The number of carboxylic acid groups (broad SMARTS) is 1. The molecule has 0 bridgehead atoms. The quantitative estimate of drug-likeness (QED) is 0.260. The number of sulfonamides is 1. The van der Waals surface area contributed by atoms with E-state index in [1.807, 2.05) is 55.5 Å². The van der Waals surface area contributed by atoms with Crippen molar-refractivity contribution in [3.8, 4) is 0 Å². The number of primary sulfonamides is 1. The molecule has 1 aromatic heterocycles. The third-order valence-corrected chi connectivity index (χ3v) is 7.09. The lowest BCUT2D eigenvalue weighted by atomic mass is 10.0. The molecule has 4 rings (SSSR count). The number of aliphatic hydroxyl groups excluding tert-OH is 1. The molecule has 1 heterocycles. The minimum absolute atomic E-state index is 0.00531. The van der Waals surface area contributed by atoms with Crippen LogP contribution in [-0.4, -0.2) is 41.8 Å². The minimum Gasteiger partial charge on any atom is -0.477 e. The molecular formula is C27H29N3O5S. The van der Waals surface area contributed by atoms with Crippen LogP contribution in [0.2, 0.25) is 0 Å². The minimum atomic E-state index is -3.80. The lowest BCUT2D eigenvalue weighted by molar-refractivity contribution is 0.0686. The molecule has 8 nitrogen and oxygen atoms in total. The van der Waals surface area contributed by atoms with Crippen molar-refractivity contribution >= 4 is 26.9 Å². The molecule has 0 saturated carbocycles. The largest absolute Gasteiger partial charge is 0.477 e.